The summed E-state index contributed by atoms with van der Waals surface area (Å²) in [4.78, 5) is 0. The molecule has 152 valence electrons. The Kier molecular flexibility index (Phi) is 7.30. The fourth-order valence-corrected chi connectivity index (χ4v) is 3.36. The zero-order valence-electron chi connectivity index (χ0n) is 16.0. The van der Waals surface area contributed by atoms with Crippen molar-refractivity contribution in [1.29, 1.82) is 0 Å². The van der Waals surface area contributed by atoms with Gasteiger partial charge in [-0.3, -0.25) is 5.10 Å². The maximum Gasteiger partial charge on any atom is 0.216 e. The summed E-state index contributed by atoms with van der Waals surface area (Å²) in [7, 11) is 1.58. The molecule has 0 radical (unpaired) electrons. The van der Waals surface area contributed by atoms with E-state index >= 15 is 0 Å². The zero-order chi connectivity index (χ0) is 20.8. The summed E-state index contributed by atoms with van der Waals surface area (Å²) in [6, 6.07) is 10.9. The molecule has 0 saturated carbocycles. The highest BCUT2D eigenvalue weighted by molar-refractivity contribution is 7.71. The highest BCUT2D eigenvalue weighted by Crippen LogP contribution is 2.31. The Morgan fingerprint density at radius 2 is 1.97 bits per heavy atom. The minimum absolute atomic E-state index is 0.229. The number of benzene rings is 2. The van der Waals surface area contributed by atoms with Crippen LogP contribution in [0.4, 0.5) is 0 Å². The van der Waals surface area contributed by atoms with Crippen LogP contribution in [0.1, 0.15) is 30.3 Å². The van der Waals surface area contributed by atoms with Crippen LogP contribution in [-0.4, -0.2) is 28.2 Å². The molecule has 0 fully saturated rings. The molecule has 1 heterocycles. The van der Waals surface area contributed by atoms with E-state index in [-0.39, 0.29) is 6.61 Å². The van der Waals surface area contributed by atoms with Crippen molar-refractivity contribution in [2.24, 2.45) is 5.10 Å². The molecule has 0 aliphatic rings. The van der Waals surface area contributed by atoms with E-state index in [2.05, 4.69) is 22.2 Å². The predicted octanol–water partition coefficient (Wildman–Crippen LogP) is 5.67. The first-order chi connectivity index (χ1) is 14.0. The van der Waals surface area contributed by atoms with Gasteiger partial charge < -0.3 is 9.47 Å². The van der Waals surface area contributed by atoms with Crippen LogP contribution >= 0.6 is 35.4 Å². The molecule has 0 aliphatic carbocycles. The maximum absolute atomic E-state index is 6.20. The second-order valence-corrected chi connectivity index (χ2v) is 7.35. The van der Waals surface area contributed by atoms with Gasteiger partial charge in [-0.15, -0.1) is 0 Å². The van der Waals surface area contributed by atoms with Crippen molar-refractivity contribution in [1.82, 2.24) is 14.9 Å². The van der Waals surface area contributed by atoms with Crippen molar-refractivity contribution in [3.05, 3.63) is 68.2 Å². The lowest BCUT2D eigenvalue weighted by Gasteiger charge is -2.13. The summed E-state index contributed by atoms with van der Waals surface area (Å²) in [5, 5.41) is 12.5. The highest BCUT2D eigenvalue weighted by Gasteiger charge is 2.10. The first kappa shape index (κ1) is 21.4. The smallest absolute Gasteiger partial charge is 0.216 e. The Morgan fingerprint density at radius 1 is 1.21 bits per heavy atom. The molecule has 0 unspecified atom stereocenters. The van der Waals surface area contributed by atoms with Gasteiger partial charge in [-0.2, -0.15) is 14.9 Å². The first-order valence-electron chi connectivity index (χ1n) is 8.97. The van der Waals surface area contributed by atoms with Crippen LogP contribution in [0.3, 0.4) is 0 Å². The van der Waals surface area contributed by atoms with Crippen LogP contribution in [0.2, 0.25) is 10.0 Å². The van der Waals surface area contributed by atoms with Crippen molar-refractivity contribution >= 4 is 41.6 Å². The van der Waals surface area contributed by atoms with Crippen LogP contribution < -0.4 is 9.47 Å². The van der Waals surface area contributed by atoms with Gasteiger partial charge in [0.05, 0.1) is 13.3 Å². The largest absolute Gasteiger partial charge is 0.493 e. The lowest BCUT2D eigenvalue weighted by molar-refractivity contribution is 0.284. The number of aromatic nitrogens is 3. The Labute approximate surface area is 184 Å². The molecule has 0 saturated heterocycles. The summed E-state index contributed by atoms with van der Waals surface area (Å²) >= 11 is 17.6. The minimum atomic E-state index is 0.229. The van der Waals surface area contributed by atoms with Gasteiger partial charge in [-0.05, 0) is 54.5 Å². The molecular weight excluding hydrogens is 431 g/mol. The molecule has 1 N–H and O–H groups in total. The fraction of sp³-hybridized carbons (Fsp3) is 0.250. The average Bonchev–Trinajstić information content (AvgIpc) is 3.06. The van der Waals surface area contributed by atoms with Crippen LogP contribution in [0.5, 0.6) is 11.5 Å². The fourth-order valence-electron chi connectivity index (χ4n) is 2.66. The SMILES string of the molecule is CCCc1n[nH]c(=S)n1N=Cc1ccc(OCc2c(Cl)cccc2Cl)c(OC)c1. The maximum atomic E-state index is 6.20. The molecule has 29 heavy (non-hydrogen) atoms. The minimum Gasteiger partial charge on any atom is -0.493 e. The number of halogens is 2. The van der Waals surface area contributed by atoms with Crippen LogP contribution in [0.15, 0.2) is 41.5 Å². The molecule has 0 bridgehead atoms. The summed E-state index contributed by atoms with van der Waals surface area (Å²) < 4.78 is 13.4. The number of nitrogens with one attached hydrogen (secondary N) is 1. The number of aromatic amines is 1. The number of hydrogen-bond donors (Lipinski definition) is 1. The Hall–Kier alpha value is -2.35. The van der Waals surface area contributed by atoms with Crippen molar-refractivity contribution < 1.29 is 9.47 Å². The number of ether oxygens (including phenoxy) is 2. The van der Waals surface area contributed by atoms with Gasteiger partial charge in [-0.1, -0.05) is 36.2 Å². The van der Waals surface area contributed by atoms with Gasteiger partial charge >= 0.3 is 0 Å². The van der Waals surface area contributed by atoms with Gasteiger partial charge in [-0.25, -0.2) is 0 Å². The van der Waals surface area contributed by atoms with Crippen molar-refractivity contribution in [3.8, 4) is 11.5 Å². The van der Waals surface area contributed by atoms with Crippen molar-refractivity contribution in [2.75, 3.05) is 7.11 Å². The summed E-state index contributed by atoms with van der Waals surface area (Å²) in [5.74, 6) is 1.94. The molecule has 0 spiro atoms. The molecule has 3 aromatic rings. The van der Waals surface area contributed by atoms with E-state index < -0.39 is 0 Å². The van der Waals surface area contributed by atoms with E-state index in [1.165, 1.54) is 0 Å². The normalized spacial score (nSPS) is 11.2. The highest BCUT2D eigenvalue weighted by atomic mass is 35.5. The summed E-state index contributed by atoms with van der Waals surface area (Å²) in [6.45, 7) is 2.30. The molecule has 0 atom stereocenters. The third-order valence-corrected chi connectivity index (χ3v) is 5.11. The van der Waals surface area contributed by atoms with Crippen molar-refractivity contribution in [2.45, 2.75) is 26.4 Å². The second kappa shape index (κ2) is 9.91. The lowest BCUT2D eigenvalue weighted by atomic mass is 10.2. The molecule has 6 nitrogen and oxygen atoms in total. The van der Waals surface area contributed by atoms with Crippen LogP contribution in [0, 0.1) is 4.77 Å². The van der Waals surface area contributed by atoms with E-state index in [0.717, 1.165) is 29.8 Å². The number of methoxy groups -OCH3 is 1. The van der Waals surface area contributed by atoms with Gasteiger partial charge in [0.15, 0.2) is 17.3 Å². The number of aryl methyl sites for hydroxylation is 1. The lowest BCUT2D eigenvalue weighted by Crippen LogP contribution is -2.01. The van der Waals surface area contributed by atoms with Gasteiger partial charge in [0.2, 0.25) is 4.77 Å². The quantitative estimate of drug-likeness (QED) is 0.354. The van der Waals surface area contributed by atoms with Gasteiger partial charge in [0.1, 0.15) is 6.61 Å². The Balaban J connectivity index is 1.79. The number of hydrogen-bond acceptors (Lipinski definition) is 5. The number of rotatable bonds is 8. The summed E-state index contributed by atoms with van der Waals surface area (Å²) in [5.41, 5.74) is 1.55. The van der Waals surface area contributed by atoms with E-state index in [4.69, 9.17) is 44.9 Å². The Bertz CT molecular complexity index is 1060. The van der Waals surface area contributed by atoms with Crippen LogP contribution in [-0.2, 0) is 13.0 Å². The first-order valence-corrected chi connectivity index (χ1v) is 10.1. The number of nitrogens with zero attached hydrogens (tertiary/aromatic N) is 3. The Morgan fingerprint density at radius 3 is 2.66 bits per heavy atom. The third kappa shape index (κ3) is 5.18. The van der Waals surface area contributed by atoms with Gasteiger partial charge in [0, 0.05) is 22.0 Å². The molecule has 1 aromatic heterocycles. The monoisotopic (exact) mass is 450 g/mol. The van der Waals surface area contributed by atoms with E-state index in [9.17, 15) is 0 Å². The molecule has 3 rings (SSSR count). The molecular formula is C20H20Cl2N4O2S. The van der Waals surface area contributed by atoms with E-state index in [0.29, 0.717) is 26.3 Å². The molecule has 0 aliphatic heterocycles. The molecule has 0 amide bonds. The summed E-state index contributed by atoms with van der Waals surface area (Å²) in [6.07, 6.45) is 3.43. The van der Waals surface area contributed by atoms with E-state index in [1.807, 2.05) is 18.2 Å². The standard InChI is InChI=1S/C20H20Cl2N4O2S/c1-3-5-19-24-25-20(29)26(19)23-11-13-8-9-17(18(10-13)27-2)28-12-14-15(21)6-4-7-16(14)22/h4,6-11H,3,5,12H2,1-2H3,(H,25,29). The average molecular weight is 451 g/mol. The molecule has 9 heteroatoms. The van der Waals surface area contributed by atoms with Crippen molar-refractivity contribution in [3.63, 3.8) is 0 Å². The second-order valence-electron chi connectivity index (χ2n) is 6.15. The number of H-pyrrole nitrogens is 1. The predicted molar refractivity (Wildman–Crippen MR) is 118 cm³/mol. The van der Waals surface area contributed by atoms with Gasteiger partial charge in [0.25, 0.3) is 0 Å². The zero-order valence-corrected chi connectivity index (χ0v) is 18.3. The third-order valence-electron chi connectivity index (χ3n) is 4.13. The van der Waals surface area contributed by atoms with E-state index in [1.54, 1.807) is 36.2 Å². The molecule has 2 aromatic carbocycles. The topological polar surface area (TPSA) is 64.4 Å². The van der Waals surface area contributed by atoms with Crippen LogP contribution in [0.25, 0.3) is 0 Å².